The molecule has 0 spiro atoms. The van der Waals surface area contributed by atoms with Crippen LogP contribution in [0.3, 0.4) is 0 Å². The second-order valence-electron chi connectivity index (χ2n) is 8.90. The Balaban J connectivity index is 1.59. The van der Waals surface area contributed by atoms with Crippen molar-refractivity contribution in [1.82, 2.24) is 15.0 Å². The third kappa shape index (κ3) is 6.67. The molecule has 3 rings (SSSR count). The molecule has 3 aromatic rings. The number of aliphatic hydroxyl groups is 1. The van der Waals surface area contributed by atoms with Gasteiger partial charge in [-0.1, -0.05) is 44.2 Å². The van der Waals surface area contributed by atoms with Crippen LogP contribution in [0.5, 0.6) is 11.5 Å². The number of benzene rings is 2. The highest BCUT2D eigenvalue weighted by Gasteiger charge is 2.24. The quantitative estimate of drug-likeness (QED) is 0.364. The van der Waals surface area contributed by atoms with E-state index in [1.807, 2.05) is 51.1 Å². The minimum absolute atomic E-state index is 0.0442. The van der Waals surface area contributed by atoms with Crippen molar-refractivity contribution in [3.63, 3.8) is 0 Å². The summed E-state index contributed by atoms with van der Waals surface area (Å²) in [5.74, 6) is 0.980. The number of nitrogens with zero attached hydrogens (tertiary/aromatic N) is 3. The van der Waals surface area contributed by atoms with Crippen LogP contribution < -0.4 is 9.47 Å². The van der Waals surface area contributed by atoms with Gasteiger partial charge in [0.15, 0.2) is 11.6 Å². The fourth-order valence-corrected chi connectivity index (χ4v) is 3.46. The average Bonchev–Trinajstić information content (AvgIpc) is 3.29. The normalized spacial score (nSPS) is 13.5. The number of alkyl halides is 2. The summed E-state index contributed by atoms with van der Waals surface area (Å²) in [7, 11) is 0. The van der Waals surface area contributed by atoms with Gasteiger partial charge in [0.2, 0.25) is 0 Å². The molecule has 34 heavy (non-hydrogen) atoms. The van der Waals surface area contributed by atoms with Gasteiger partial charge in [-0.25, -0.2) is 13.5 Å². The fraction of sp³-hybridized carbons (Fsp3) is 0.440. The number of halogens is 3. The summed E-state index contributed by atoms with van der Waals surface area (Å²) in [6.07, 6.45) is 0.614. The molecule has 1 aromatic heterocycles. The first-order valence-corrected chi connectivity index (χ1v) is 11.6. The van der Waals surface area contributed by atoms with E-state index in [4.69, 9.17) is 21.1 Å². The molecule has 2 aromatic carbocycles. The topological polar surface area (TPSA) is 69.4 Å². The van der Waals surface area contributed by atoms with Crippen LogP contribution in [0.25, 0.3) is 0 Å². The lowest BCUT2D eigenvalue weighted by Crippen LogP contribution is -2.24. The minimum Gasteiger partial charge on any atom is -0.491 e. The second kappa shape index (κ2) is 11.6. The van der Waals surface area contributed by atoms with Gasteiger partial charge in [-0.05, 0) is 35.4 Å². The van der Waals surface area contributed by atoms with Crippen molar-refractivity contribution in [1.29, 1.82) is 0 Å². The van der Waals surface area contributed by atoms with Crippen molar-refractivity contribution in [3.05, 3.63) is 71.3 Å². The van der Waals surface area contributed by atoms with Crippen LogP contribution >= 0.6 is 11.6 Å². The SMILES string of the molecule is C[C@@H](CCl)COc1ccc(C(C)(C)c2ccc(OC[C@@H](O)Cn3cc(C[18F])nn3)cc2)cc1F. The monoisotopic (exact) mass is 492 g/mol. The predicted octanol–water partition coefficient (Wildman–Crippen LogP) is 4.91. The van der Waals surface area contributed by atoms with Crippen molar-refractivity contribution in [3.8, 4) is 11.5 Å². The lowest BCUT2D eigenvalue weighted by Gasteiger charge is -2.27. The molecule has 0 saturated heterocycles. The maximum atomic E-state index is 14.6. The highest BCUT2D eigenvalue weighted by Crippen LogP contribution is 2.34. The van der Waals surface area contributed by atoms with E-state index >= 15 is 0 Å². The molecule has 184 valence electrons. The molecule has 9 heteroatoms. The lowest BCUT2D eigenvalue weighted by atomic mass is 9.78. The Labute approximate surface area is 203 Å². The fourth-order valence-electron chi connectivity index (χ4n) is 3.37. The van der Waals surface area contributed by atoms with Crippen molar-refractivity contribution < 1.29 is 23.4 Å². The van der Waals surface area contributed by atoms with Gasteiger partial charge in [0.05, 0.1) is 19.3 Å². The smallest absolute Gasteiger partial charge is 0.165 e. The average molecular weight is 493 g/mol. The Morgan fingerprint density at radius 2 is 1.79 bits per heavy atom. The Morgan fingerprint density at radius 1 is 1.09 bits per heavy atom. The summed E-state index contributed by atoms with van der Waals surface area (Å²) >= 11 is 5.78. The van der Waals surface area contributed by atoms with Gasteiger partial charge in [0.25, 0.3) is 0 Å². The van der Waals surface area contributed by atoms with Crippen molar-refractivity contribution in [2.24, 2.45) is 5.92 Å². The zero-order valence-electron chi connectivity index (χ0n) is 19.5. The molecule has 6 nitrogen and oxygen atoms in total. The van der Waals surface area contributed by atoms with Crippen LogP contribution in [0.15, 0.2) is 48.7 Å². The Hall–Kier alpha value is -2.71. The Bertz CT molecular complexity index is 1060. The molecule has 0 aliphatic rings. The first-order valence-electron chi connectivity index (χ1n) is 11.1. The van der Waals surface area contributed by atoms with Crippen molar-refractivity contribution >= 4 is 11.6 Å². The Kier molecular flexibility index (Phi) is 8.85. The van der Waals surface area contributed by atoms with Crippen molar-refractivity contribution in [2.45, 2.75) is 45.5 Å². The molecule has 0 radical (unpaired) electrons. The van der Waals surface area contributed by atoms with Gasteiger partial charge in [0.1, 0.15) is 30.8 Å². The second-order valence-corrected chi connectivity index (χ2v) is 9.20. The number of hydrogen-bond donors (Lipinski definition) is 1. The van der Waals surface area contributed by atoms with Gasteiger partial charge in [0, 0.05) is 17.2 Å². The predicted molar refractivity (Wildman–Crippen MR) is 127 cm³/mol. The summed E-state index contributed by atoms with van der Waals surface area (Å²) < 4.78 is 39.8. The van der Waals surface area contributed by atoms with E-state index in [9.17, 15) is 13.9 Å². The minimum atomic E-state index is -0.832. The summed E-state index contributed by atoms with van der Waals surface area (Å²) in [5, 5.41) is 17.5. The van der Waals surface area contributed by atoms with Crippen LogP contribution in [0, 0.1) is 11.7 Å². The van der Waals surface area contributed by atoms with Gasteiger partial charge in [-0.3, -0.25) is 0 Å². The molecule has 1 N–H and O–H groups in total. The zero-order chi connectivity index (χ0) is 24.7. The van der Waals surface area contributed by atoms with E-state index in [1.165, 1.54) is 16.9 Å². The number of ether oxygens (including phenoxy) is 2. The van der Waals surface area contributed by atoms with Crippen LogP contribution in [-0.4, -0.2) is 45.3 Å². The molecule has 2 atom stereocenters. The van der Waals surface area contributed by atoms with Gasteiger partial charge in [-0.2, -0.15) is 0 Å². The first kappa shape index (κ1) is 25.9. The van der Waals surface area contributed by atoms with Gasteiger partial charge >= 0.3 is 0 Å². The molecule has 0 aliphatic heterocycles. The van der Waals surface area contributed by atoms with Crippen LogP contribution in [0.1, 0.15) is 37.6 Å². The maximum absolute atomic E-state index is 14.6. The van der Waals surface area contributed by atoms with Gasteiger partial charge < -0.3 is 14.6 Å². The summed E-state index contributed by atoms with van der Waals surface area (Å²) in [4.78, 5) is 0. The third-order valence-corrected chi connectivity index (χ3v) is 6.11. The number of aromatic nitrogens is 3. The van der Waals surface area contributed by atoms with E-state index in [-0.39, 0.29) is 30.5 Å². The number of rotatable bonds is 12. The summed E-state index contributed by atoms with van der Waals surface area (Å²) in [5.41, 5.74) is 1.55. The molecular weight excluding hydrogens is 463 g/mol. The molecule has 0 fully saturated rings. The molecule has 0 saturated carbocycles. The molecule has 1 heterocycles. The highest BCUT2D eigenvalue weighted by atomic mass is 35.5. The van der Waals surface area contributed by atoms with Crippen LogP contribution in [-0.2, 0) is 18.6 Å². The van der Waals surface area contributed by atoms with E-state index in [2.05, 4.69) is 10.3 Å². The molecule has 0 unspecified atom stereocenters. The van der Waals surface area contributed by atoms with Gasteiger partial charge in [-0.15, -0.1) is 16.7 Å². The number of aliphatic hydroxyl groups excluding tert-OH is 1. The molecule has 0 bridgehead atoms. The van der Waals surface area contributed by atoms with E-state index < -0.39 is 24.0 Å². The van der Waals surface area contributed by atoms with Crippen LogP contribution in [0.2, 0.25) is 0 Å². The Morgan fingerprint density at radius 3 is 2.41 bits per heavy atom. The largest absolute Gasteiger partial charge is 0.491 e. The first-order chi connectivity index (χ1) is 16.2. The van der Waals surface area contributed by atoms with E-state index in [0.717, 1.165) is 11.1 Å². The molecular formula is C25H30ClF2N3O3. The maximum Gasteiger partial charge on any atom is 0.165 e. The zero-order valence-corrected chi connectivity index (χ0v) is 20.3. The van der Waals surface area contributed by atoms with E-state index in [1.54, 1.807) is 6.07 Å². The highest BCUT2D eigenvalue weighted by molar-refractivity contribution is 6.18. The summed E-state index contributed by atoms with van der Waals surface area (Å²) in [6, 6.07) is 12.5. The molecule has 0 amide bonds. The third-order valence-electron chi connectivity index (χ3n) is 5.58. The summed E-state index contributed by atoms with van der Waals surface area (Å²) in [6.45, 7) is 5.82. The van der Waals surface area contributed by atoms with Crippen molar-refractivity contribution in [2.75, 3.05) is 19.1 Å². The molecule has 0 aliphatic carbocycles. The standard InChI is InChI=1S/C25H30ClF2N3O3/c1-17(11-26)15-34-24-9-6-19(10-23(24)28)25(2,3)18-4-7-22(8-5-18)33-16-21(32)14-31-13-20(12-27)29-30-31/h4-10,13,17,21,32H,11-12,14-16H2,1-3H3/t17-,21-/m0/s1/i27-1. The van der Waals surface area contributed by atoms with E-state index in [0.29, 0.717) is 18.2 Å². The van der Waals surface area contributed by atoms with Crippen LogP contribution in [0.4, 0.5) is 8.78 Å². The number of hydrogen-bond acceptors (Lipinski definition) is 5. The lowest BCUT2D eigenvalue weighted by molar-refractivity contribution is 0.0888.